The first-order valence-electron chi connectivity index (χ1n) is 4.70. The lowest BCUT2D eigenvalue weighted by Crippen LogP contribution is -2.26. The highest BCUT2D eigenvalue weighted by Gasteiger charge is 2.17. The molecule has 1 aromatic rings. The van der Waals surface area contributed by atoms with E-state index in [9.17, 15) is 4.79 Å². The average molecular weight is 229 g/mol. The summed E-state index contributed by atoms with van der Waals surface area (Å²) in [5.74, 6) is -0.555. The highest BCUT2D eigenvalue weighted by molar-refractivity contribution is 6.32. The van der Waals surface area contributed by atoms with E-state index in [-0.39, 0.29) is 0 Å². The highest BCUT2D eigenvalue weighted by atomic mass is 35.5. The van der Waals surface area contributed by atoms with Crippen LogP contribution in [-0.4, -0.2) is 17.2 Å². The molecule has 0 aliphatic heterocycles. The van der Waals surface area contributed by atoms with Gasteiger partial charge in [0.2, 0.25) is 0 Å². The van der Waals surface area contributed by atoms with Gasteiger partial charge < -0.3 is 9.84 Å². The zero-order valence-electron chi connectivity index (χ0n) is 8.66. The van der Waals surface area contributed by atoms with Crippen LogP contribution >= 0.6 is 11.6 Å². The molecule has 0 saturated heterocycles. The Morgan fingerprint density at radius 2 is 2.27 bits per heavy atom. The second-order valence-electron chi connectivity index (χ2n) is 3.29. The fraction of sp³-hybridized carbons (Fsp3) is 0.364. The van der Waals surface area contributed by atoms with Gasteiger partial charge in [-0.3, -0.25) is 0 Å². The molecular formula is C11H13ClO3. The first-order chi connectivity index (χ1) is 7.04. The molecule has 0 aliphatic carbocycles. The van der Waals surface area contributed by atoms with Crippen molar-refractivity contribution in [2.45, 2.75) is 26.4 Å². The lowest BCUT2D eigenvalue weighted by atomic mass is 10.2. The molecule has 1 atom stereocenters. The van der Waals surface area contributed by atoms with Crippen molar-refractivity contribution in [3.8, 4) is 5.75 Å². The van der Waals surface area contributed by atoms with E-state index in [2.05, 4.69) is 0 Å². The quantitative estimate of drug-likeness (QED) is 0.862. The van der Waals surface area contributed by atoms with E-state index in [1.807, 2.05) is 13.0 Å². The number of hydrogen-bond acceptors (Lipinski definition) is 2. The van der Waals surface area contributed by atoms with Crippen molar-refractivity contribution in [1.29, 1.82) is 0 Å². The van der Waals surface area contributed by atoms with Crippen molar-refractivity contribution in [1.82, 2.24) is 0 Å². The summed E-state index contributed by atoms with van der Waals surface area (Å²) in [6.45, 7) is 3.65. The van der Waals surface area contributed by atoms with E-state index in [0.717, 1.165) is 5.56 Å². The van der Waals surface area contributed by atoms with Crippen LogP contribution < -0.4 is 4.74 Å². The summed E-state index contributed by atoms with van der Waals surface area (Å²) in [5.41, 5.74) is 0.981. The van der Waals surface area contributed by atoms with Crippen LogP contribution in [0.3, 0.4) is 0 Å². The number of hydrogen-bond donors (Lipinski definition) is 1. The third-order valence-corrected chi connectivity index (χ3v) is 2.31. The van der Waals surface area contributed by atoms with Gasteiger partial charge in [0.25, 0.3) is 0 Å². The van der Waals surface area contributed by atoms with E-state index in [4.69, 9.17) is 21.4 Å². The van der Waals surface area contributed by atoms with E-state index in [0.29, 0.717) is 17.2 Å². The maximum absolute atomic E-state index is 10.8. The number of ether oxygens (including phenoxy) is 1. The Hall–Kier alpha value is -1.22. The SMILES string of the molecule is CCC(Oc1cc(C)ccc1Cl)C(=O)O. The number of rotatable bonds is 4. The summed E-state index contributed by atoms with van der Waals surface area (Å²) in [4.78, 5) is 10.8. The van der Waals surface area contributed by atoms with Crippen molar-refractivity contribution in [3.05, 3.63) is 28.8 Å². The molecule has 0 aliphatic rings. The van der Waals surface area contributed by atoms with Crippen molar-refractivity contribution >= 4 is 17.6 Å². The predicted molar refractivity (Wildman–Crippen MR) is 58.5 cm³/mol. The van der Waals surface area contributed by atoms with Gasteiger partial charge in [0.1, 0.15) is 5.75 Å². The number of aryl methyl sites for hydroxylation is 1. The van der Waals surface area contributed by atoms with Crippen molar-refractivity contribution in [3.63, 3.8) is 0 Å². The number of aliphatic carboxylic acids is 1. The molecule has 3 nitrogen and oxygen atoms in total. The van der Waals surface area contributed by atoms with Gasteiger partial charge in [-0.05, 0) is 31.0 Å². The molecule has 4 heteroatoms. The summed E-state index contributed by atoms with van der Waals surface area (Å²) < 4.78 is 5.31. The molecule has 0 heterocycles. The molecule has 1 rings (SSSR count). The molecule has 0 amide bonds. The van der Waals surface area contributed by atoms with Gasteiger partial charge in [-0.1, -0.05) is 24.6 Å². The maximum Gasteiger partial charge on any atom is 0.344 e. The molecule has 0 spiro atoms. The molecule has 15 heavy (non-hydrogen) atoms. The van der Waals surface area contributed by atoms with Crippen molar-refractivity contribution in [2.24, 2.45) is 0 Å². The van der Waals surface area contributed by atoms with Crippen LogP contribution in [0.25, 0.3) is 0 Å². The number of halogens is 1. The summed E-state index contributed by atoms with van der Waals surface area (Å²) in [7, 11) is 0. The summed E-state index contributed by atoms with van der Waals surface area (Å²) in [5, 5.41) is 9.26. The van der Waals surface area contributed by atoms with Crippen LogP contribution in [0.2, 0.25) is 5.02 Å². The van der Waals surface area contributed by atoms with Gasteiger partial charge in [-0.15, -0.1) is 0 Å². The summed E-state index contributed by atoms with van der Waals surface area (Å²) in [6.07, 6.45) is -0.441. The van der Waals surface area contributed by atoms with Gasteiger partial charge in [0.05, 0.1) is 5.02 Å². The highest BCUT2D eigenvalue weighted by Crippen LogP contribution is 2.26. The number of benzene rings is 1. The molecule has 0 saturated carbocycles. The summed E-state index contributed by atoms with van der Waals surface area (Å²) in [6, 6.07) is 5.27. The standard InChI is InChI=1S/C11H13ClO3/c1-3-9(11(13)14)15-10-6-7(2)4-5-8(10)12/h4-6,9H,3H2,1-2H3,(H,13,14). The van der Waals surface area contributed by atoms with Crippen LogP contribution in [0.5, 0.6) is 5.75 Å². The van der Waals surface area contributed by atoms with Crippen LogP contribution in [-0.2, 0) is 4.79 Å². The van der Waals surface area contributed by atoms with Gasteiger partial charge >= 0.3 is 5.97 Å². The molecule has 1 aromatic carbocycles. The van der Waals surface area contributed by atoms with E-state index >= 15 is 0 Å². The van der Waals surface area contributed by atoms with Crippen LogP contribution in [0.15, 0.2) is 18.2 Å². The van der Waals surface area contributed by atoms with Gasteiger partial charge in [-0.25, -0.2) is 4.79 Å². The fourth-order valence-corrected chi connectivity index (χ4v) is 1.32. The third-order valence-electron chi connectivity index (χ3n) is 2.00. The van der Waals surface area contributed by atoms with Crippen molar-refractivity contribution < 1.29 is 14.6 Å². The largest absolute Gasteiger partial charge is 0.479 e. The van der Waals surface area contributed by atoms with E-state index in [1.165, 1.54) is 0 Å². The van der Waals surface area contributed by atoms with E-state index < -0.39 is 12.1 Å². The predicted octanol–water partition coefficient (Wildman–Crippen LogP) is 2.89. The molecular weight excluding hydrogens is 216 g/mol. The first-order valence-corrected chi connectivity index (χ1v) is 5.08. The van der Waals surface area contributed by atoms with Crippen LogP contribution in [0, 0.1) is 6.92 Å². The minimum atomic E-state index is -0.977. The number of carboxylic acids is 1. The number of carboxylic acid groups (broad SMARTS) is 1. The average Bonchev–Trinajstić information content (AvgIpc) is 2.18. The zero-order chi connectivity index (χ0) is 11.4. The minimum Gasteiger partial charge on any atom is -0.479 e. The molecule has 82 valence electrons. The van der Waals surface area contributed by atoms with Crippen LogP contribution in [0.4, 0.5) is 0 Å². The zero-order valence-corrected chi connectivity index (χ0v) is 9.41. The van der Waals surface area contributed by atoms with Gasteiger partial charge in [-0.2, -0.15) is 0 Å². The normalized spacial score (nSPS) is 12.2. The molecule has 0 aromatic heterocycles. The smallest absolute Gasteiger partial charge is 0.344 e. The molecule has 0 fully saturated rings. The molecule has 1 unspecified atom stereocenters. The van der Waals surface area contributed by atoms with Crippen molar-refractivity contribution in [2.75, 3.05) is 0 Å². The Kier molecular flexibility index (Phi) is 3.97. The Balaban J connectivity index is 2.87. The fourth-order valence-electron chi connectivity index (χ4n) is 1.16. The Morgan fingerprint density at radius 3 is 2.80 bits per heavy atom. The van der Waals surface area contributed by atoms with Crippen LogP contribution in [0.1, 0.15) is 18.9 Å². The lowest BCUT2D eigenvalue weighted by Gasteiger charge is -2.14. The Labute approximate surface area is 93.6 Å². The second-order valence-corrected chi connectivity index (χ2v) is 3.69. The first kappa shape index (κ1) is 11.9. The Morgan fingerprint density at radius 1 is 1.60 bits per heavy atom. The van der Waals surface area contributed by atoms with Gasteiger partial charge in [0.15, 0.2) is 6.10 Å². The topological polar surface area (TPSA) is 46.5 Å². The molecule has 0 radical (unpaired) electrons. The third kappa shape index (κ3) is 3.13. The molecule has 1 N–H and O–H groups in total. The maximum atomic E-state index is 10.8. The monoisotopic (exact) mass is 228 g/mol. The minimum absolute atomic E-state index is 0.402. The second kappa shape index (κ2) is 5.03. The number of carbonyl (C=O) groups is 1. The lowest BCUT2D eigenvalue weighted by molar-refractivity contribution is -0.145. The van der Waals surface area contributed by atoms with E-state index in [1.54, 1.807) is 19.1 Å². The van der Waals surface area contributed by atoms with Gasteiger partial charge in [0, 0.05) is 0 Å². The summed E-state index contributed by atoms with van der Waals surface area (Å²) >= 11 is 5.88. The Bertz CT molecular complexity index is 363. The molecule has 0 bridgehead atoms.